The maximum Gasteiger partial charge on any atom is 0.290 e. The van der Waals surface area contributed by atoms with E-state index in [1.165, 1.54) is 0 Å². The largest absolute Gasteiger partial charge is 0.497 e. The van der Waals surface area contributed by atoms with Gasteiger partial charge in [-0.25, -0.2) is 0 Å². The highest BCUT2D eigenvalue weighted by Gasteiger charge is 2.13. The van der Waals surface area contributed by atoms with E-state index in [9.17, 15) is 4.79 Å². The number of rotatable bonds is 5. The first-order valence-corrected chi connectivity index (χ1v) is 7.59. The van der Waals surface area contributed by atoms with Gasteiger partial charge < -0.3 is 14.8 Å². The van der Waals surface area contributed by atoms with E-state index < -0.39 is 0 Å². The minimum Gasteiger partial charge on any atom is -0.497 e. The second-order valence-electron chi connectivity index (χ2n) is 5.36. The molecular weight excluding hydrogens is 304 g/mol. The summed E-state index contributed by atoms with van der Waals surface area (Å²) >= 11 is 0. The predicted molar refractivity (Wildman–Crippen MR) is 92.3 cm³/mol. The Bertz CT molecular complexity index is 877. The van der Waals surface area contributed by atoms with Crippen molar-refractivity contribution < 1.29 is 18.8 Å². The van der Waals surface area contributed by atoms with E-state index in [1.807, 2.05) is 47.3 Å². The van der Waals surface area contributed by atoms with Crippen LogP contribution in [-0.4, -0.2) is 20.1 Å². The number of hydrogen-bond acceptors (Lipinski definition) is 3. The van der Waals surface area contributed by atoms with Crippen LogP contribution in [0.3, 0.4) is 0 Å². The maximum atomic E-state index is 12.3. The molecule has 0 unspecified atom stereocenters. The molecule has 1 aromatic heterocycles. The molecule has 1 amide bonds. The standard InChI is InChI=1S/C19H18N2O3/c1-23-16-7-8-17(18(11-16)24-2)20-19(22)13-21-10-9-14-5-3-4-6-15(14)12-21/h3-12H,13H2,1-2H3/p+1. The number of fused-ring (bicyclic) bond motifs is 1. The summed E-state index contributed by atoms with van der Waals surface area (Å²) in [5.41, 5.74) is 0.615. The van der Waals surface area contributed by atoms with Gasteiger partial charge in [-0.1, -0.05) is 18.2 Å². The van der Waals surface area contributed by atoms with E-state index in [2.05, 4.69) is 5.32 Å². The van der Waals surface area contributed by atoms with Gasteiger partial charge in [0.05, 0.1) is 19.9 Å². The second-order valence-corrected chi connectivity index (χ2v) is 5.36. The van der Waals surface area contributed by atoms with Crippen LogP contribution in [0.5, 0.6) is 11.5 Å². The van der Waals surface area contributed by atoms with E-state index in [0.717, 1.165) is 10.8 Å². The lowest BCUT2D eigenvalue weighted by Crippen LogP contribution is -2.39. The normalized spacial score (nSPS) is 10.4. The number of pyridine rings is 1. The van der Waals surface area contributed by atoms with Crippen LogP contribution in [0.1, 0.15) is 0 Å². The van der Waals surface area contributed by atoms with Crippen LogP contribution in [0.4, 0.5) is 5.69 Å². The van der Waals surface area contributed by atoms with Crippen molar-refractivity contribution in [2.75, 3.05) is 19.5 Å². The number of nitrogens with one attached hydrogen (secondary N) is 1. The number of anilines is 1. The molecule has 0 spiro atoms. The molecule has 2 aromatic carbocycles. The minimum absolute atomic E-state index is 0.126. The number of ether oxygens (including phenoxy) is 2. The number of methoxy groups -OCH3 is 2. The summed E-state index contributed by atoms with van der Waals surface area (Å²) in [4.78, 5) is 12.3. The summed E-state index contributed by atoms with van der Waals surface area (Å²) in [5.74, 6) is 1.11. The Morgan fingerprint density at radius 2 is 1.83 bits per heavy atom. The zero-order chi connectivity index (χ0) is 16.9. The second kappa shape index (κ2) is 7.00. The predicted octanol–water partition coefficient (Wildman–Crippen LogP) is 2.78. The topological polar surface area (TPSA) is 51.4 Å². The highest BCUT2D eigenvalue weighted by Crippen LogP contribution is 2.28. The Hall–Kier alpha value is -3.08. The Balaban J connectivity index is 1.75. The van der Waals surface area contributed by atoms with Crippen molar-refractivity contribution in [3.63, 3.8) is 0 Å². The van der Waals surface area contributed by atoms with Gasteiger partial charge in [-0.15, -0.1) is 0 Å². The van der Waals surface area contributed by atoms with Crippen molar-refractivity contribution in [3.05, 3.63) is 60.9 Å². The Morgan fingerprint density at radius 3 is 2.58 bits per heavy atom. The number of benzene rings is 2. The zero-order valence-corrected chi connectivity index (χ0v) is 13.7. The molecule has 0 aliphatic heterocycles. The summed E-state index contributed by atoms with van der Waals surface area (Å²) < 4.78 is 12.3. The van der Waals surface area contributed by atoms with Crippen molar-refractivity contribution >= 4 is 22.4 Å². The molecule has 0 aliphatic rings. The average Bonchev–Trinajstić information content (AvgIpc) is 2.62. The van der Waals surface area contributed by atoms with Gasteiger partial charge in [-0.05, 0) is 23.6 Å². The molecule has 1 heterocycles. The van der Waals surface area contributed by atoms with Crippen molar-refractivity contribution in [2.24, 2.45) is 0 Å². The van der Waals surface area contributed by atoms with Gasteiger partial charge in [0.1, 0.15) is 11.5 Å². The highest BCUT2D eigenvalue weighted by molar-refractivity contribution is 5.91. The quantitative estimate of drug-likeness (QED) is 0.735. The van der Waals surface area contributed by atoms with Gasteiger partial charge >= 0.3 is 0 Å². The molecule has 0 saturated heterocycles. The smallest absolute Gasteiger partial charge is 0.290 e. The van der Waals surface area contributed by atoms with Crippen LogP contribution in [-0.2, 0) is 11.3 Å². The summed E-state index contributed by atoms with van der Waals surface area (Å²) in [7, 11) is 3.14. The fraction of sp³-hybridized carbons (Fsp3) is 0.158. The van der Waals surface area contributed by atoms with E-state index in [-0.39, 0.29) is 12.5 Å². The molecule has 0 bridgehead atoms. The summed E-state index contributed by atoms with van der Waals surface area (Å²) in [6.07, 6.45) is 3.85. The molecule has 5 heteroatoms. The Kier molecular flexibility index (Phi) is 4.61. The summed E-state index contributed by atoms with van der Waals surface area (Å²) in [6.45, 7) is 0.222. The fourth-order valence-electron chi connectivity index (χ4n) is 2.53. The van der Waals surface area contributed by atoms with Crippen LogP contribution < -0.4 is 19.4 Å². The molecule has 0 aliphatic carbocycles. The first-order chi connectivity index (χ1) is 11.7. The molecular formula is C19H19N2O3+. The average molecular weight is 323 g/mol. The van der Waals surface area contributed by atoms with Gasteiger partial charge in [-0.3, -0.25) is 4.79 Å². The molecule has 0 saturated carbocycles. The van der Waals surface area contributed by atoms with Gasteiger partial charge in [0, 0.05) is 17.5 Å². The van der Waals surface area contributed by atoms with E-state index >= 15 is 0 Å². The molecule has 3 aromatic rings. The number of hydrogen-bond donors (Lipinski definition) is 1. The van der Waals surface area contributed by atoms with Crippen molar-refractivity contribution in [1.82, 2.24) is 0 Å². The SMILES string of the molecule is COc1ccc(NC(=O)C[n+]2ccc3ccccc3c2)c(OC)c1. The molecule has 3 rings (SSSR count). The molecule has 1 N–H and O–H groups in total. The van der Waals surface area contributed by atoms with E-state index in [1.54, 1.807) is 32.4 Å². The van der Waals surface area contributed by atoms with Crippen LogP contribution in [0, 0.1) is 0 Å². The van der Waals surface area contributed by atoms with E-state index in [4.69, 9.17) is 9.47 Å². The van der Waals surface area contributed by atoms with Crippen molar-refractivity contribution in [2.45, 2.75) is 6.54 Å². The molecule has 5 nitrogen and oxygen atoms in total. The fourth-order valence-corrected chi connectivity index (χ4v) is 2.53. The number of amides is 1. The third kappa shape index (κ3) is 3.46. The number of carbonyl (C=O) groups excluding carboxylic acids is 1. The van der Waals surface area contributed by atoms with Crippen LogP contribution >= 0.6 is 0 Å². The summed E-state index contributed by atoms with van der Waals surface area (Å²) in [5, 5.41) is 5.11. The van der Waals surface area contributed by atoms with Crippen LogP contribution in [0.2, 0.25) is 0 Å². The highest BCUT2D eigenvalue weighted by atomic mass is 16.5. The lowest BCUT2D eigenvalue weighted by molar-refractivity contribution is -0.682. The Labute approximate surface area is 140 Å². The van der Waals surface area contributed by atoms with Crippen LogP contribution in [0.25, 0.3) is 10.8 Å². The number of aromatic nitrogens is 1. The zero-order valence-electron chi connectivity index (χ0n) is 13.7. The first-order valence-electron chi connectivity index (χ1n) is 7.59. The minimum atomic E-state index is -0.126. The van der Waals surface area contributed by atoms with Gasteiger partial charge in [0.2, 0.25) is 6.54 Å². The lowest BCUT2D eigenvalue weighted by atomic mass is 10.2. The van der Waals surface area contributed by atoms with Gasteiger partial charge in [0.15, 0.2) is 12.4 Å². The maximum absolute atomic E-state index is 12.3. The molecule has 24 heavy (non-hydrogen) atoms. The molecule has 122 valence electrons. The lowest BCUT2D eigenvalue weighted by Gasteiger charge is -2.10. The third-order valence-electron chi connectivity index (χ3n) is 3.76. The van der Waals surface area contributed by atoms with Crippen molar-refractivity contribution in [1.29, 1.82) is 0 Å². The van der Waals surface area contributed by atoms with Gasteiger partial charge in [-0.2, -0.15) is 4.57 Å². The summed E-state index contributed by atoms with van der Waals surface area (Å²) in [6, 6.07) is 15.3. The monoisotopic (exact) mass is 323 g/mol. The third-order valence-corrected chi connectivity index (χ3v) is 3.76. The first kappa shape index (κ1) is 15.8. The molecule has 0 atom stereocenters. The number of nitrogens with zero attached hydrogens (tertiary/aromatic N) is 1. The molecule has 0 fully saturated rings. The van der Waals surface area contributed by atoms with E-state index in [0.29, 0.717) is 17.2 Å². The number of carbonyl (C=O) groups is 1. The molecule has 0 radical (unpaired) electrons. The Morgan fingerprint density at radius 1 is 1.04 bits per heavy atom. The van der Waals surface area contributed by atoms with Gasteiger partial charge in [0.25, 0.3) is 5.91 Å². The van der Waals surface area contributed by atoms with Crippen LogP contribution in [0.15, 0.2) is 60.9 Å². The van der Waals surface area contributed by atoms with Crippen molar-refractivity contribution in [3.8, 4) is 11.5 Å².